The van der Waals surface area contributed by atoms with Gasteiger partial charge in [0, 0.05) is 53.7 Å². The summed E-state index contributed by atoms with van der Waals surface area (Å²) in [6.07, 6.45) is 5.57. The Labute approximate surface area is 225 Å². The standard InChI is InChI=1S/C32H25N7/c1-2-7-21(8-3-1)17-33-18-22-15-23(20-34-19-22)26-12-13-29-31(37-26)32(39-38-29)30-16-25-24(9-6-11-28(25)36-30)27-10-4-5-14-35-27/h1-16,19-20,33,36H,17-18H2,(H,38,39). The molecule has 0 unspecified atom stereocenters. The maximum atomic E-state index is 5.02. The molecule has 0 aliphatic rings. The minimum atomic E-state index is 0.725. The SMILES string of the molecule is c1ccc(CNCc2cncc(-c3ccc4[nH]nc(-c5cc6c(-c7ccccn7)cccc6[nH]5)c4n3)c2)cc1. The molecule has 188 valence electrons. The summed E-state index contributed by atoms with van der Waals surface area (Å²) < 4.78 is 0. The van der Waals surface area contributed by atoms with Crippen molar-refractivity contribution in [3.8, 4) is 33.9 Å². The van der Waals surface area contributed by atoms with Crippen LogP contribution in [0.2, 0.25) is 0 Å². The molecule has 0 radical (unpaired) electrons. The monoisotopic (exact) mass is 507 g/mol. The highest BCUT2D eigenvalue weighted by molar-refractivity contribution is 6.00. The Kier molecular flexibility index (Phi) is 5.88. The van der Waals surface area contributed by atoms with Gasteiger partial charge in [-0.15, -0.1) is 0 Å². The molecule has 2 aromatic carbocycles. The van der Waals surface area contributed by atoms with E-state index in [0.717, 1.165) is 74.5 Å². The van der Waals surface area contributed by atoms with E-state index in [4.69, 9.17) is 4.98 Å². The molecule has 39 heavy (non-hydrogen) atoms. The number of aromatic amines is 2. The third-order valence-electron chi connectivity index (χ3n) is 6.86. The van der Waals surface area contributed by atoms with Crippen LogP contribution in [0, 0.1) is 0 Å². The van der Waals surface area contributed by atoms with Gasteiger partial charge in [-0.1, -0.05) is 48.5 Å². The van der Waals surface area contributed by atoms with E-state index in [2.05, 4.69) is 79.0 Å². The van der Waals surface area contributed by atoms with E-state index in [1.165, 1.54) is 5.56 Å². The molecule has 0 aliphatic carbocycles. The summed E-state index contributed by atoms with van der Waals surface area (Å²) in [5.74, 6) is 0. The fourth-order valence-electron chi connectivity index (χ4n) is 4.95. The fourth-order valence-corrected chi connectivity index (χ4v) is 4.95. The fraction of sp³-hybridized carbons (Fsp3) is 0.0625. The third-order valence-corrected chi connectivity index (χ3v) is 6.86. The smallest absolute Gasteiger partial charge is 0.135 e. The summed E-state index contributed by atoms with van der Waals surface area (Å²) in [7, 11) is 0. The zero-order valence-corrected chi connectivity index (χ0v) is 21.1. The van der Waals surface area contributed by atoms with Gasteiger partial charge >= 0.3 is 0 Å². The Morgan fingerprint density at radius 1 is 0.718 bits per heavy atom. The first-order valence-corrected chi connectivity index (χ1v) is 12.9. The number of hydrogen-bond acceptors (Lipinski definition) is 5. The zero-order valence-electron chi connectivity index (χ0n) is 21.1. The van der Waals surface area contributed by atoms with Crippen LogP contribution in [0.3, 0.4) is 0 Å². The van der Waals surface area contributed by atoms with Crippen molar-refractivity contribution in [3.63, 3.8) is 0 Å². The highest BCUT2D eigenvalue weighted by Gasteiger charge is 2.16. The summed E-state index contributed by atoms with van der Waals surface area (Å²) >= 11 is 0. The number of aromatic nitrogens is 6. The summed E-state index contributed by atoms with van der Waals surface area (Å²) in [6.45, 7) is 1.53. The second-order valence-corrected chi connectivity index (χ2v) is 9.50. The summed E-state index contributed by atoms with van der Waals surface area (Å²) in [6, 6.07) is 30.9. The lowest BCUT2D eigenvalue weighted by Crippen LogP contribution is -2.12. The topological polar surface area (TPSA) is 95.2 Å². The normalized spacial score (nSPS) is 11.4. The maximum absolute atomic E-state index is 5.02. The van der Waals surface area contributed by atoms with Crippen molar-refractivity contribution in [2.24, 2.45) is 0 Å². The van der Waals surface area contributed by atoms with Crippen LogP contribution < -0.4 is 5.32 Å². The van der Waals surface area contributed by atoms with Crippen LogP contribution in [-0.4, -0.2) is 30.1 Å². The van der Waals surface area contributed by atoms with Gasteiger partial charge in [-0.25, -0.2) is 4.98 Å². The number of H-pyrrole nitrogens is 2. The molecule has 5 aromatic heterocycles. The van der Waals surface area contributed by atoms with Crippen molar-refractivity contribution in [2.45, 2.75) is 13.1 Å². The van der Waals surface area contributed by atoms with Crippen molar-refractivity contribution >= 4 is 21.9 Å². The van der Waals surface area contributed by atoms with Gasteiger partial charge in [-0.3, -0.25) is 15.1 Å². The molecule has 3 N–H and O–H groups in total. The number of rotatable bonds is 7. The van der Waals surface area contributed by atoms with Gasteiger partial charge < -0.3 is 10.3 Å². The van der Waals surface area contributed by atoms with Crippen LogP contribution in [0.25, 0.3) is 55.8 Å². The third kappa shape index (κ3) is 4.56. The molecule has 7 rings (SSSR count). The molecule has 0 atom stereocenters. The molecule has 0 saturated carbocycles. The first kappa shape index (κ1) is 23.0. The predicted molar refractivity (Wildman–Crippen MR) is 155 cm³/mol. The summed E-state index contributed by atoms with van der Waals surface area (Å²) in [5.41, 5.74) is 10.6. The Morgan fingerprint density at radius 2 is 1.62 bits per heavy atom. The second-order valence-electron chi connectivity index (χ2n) is 9.50. The average molecular weight is 508 g/mol. The molecule has 0 saturated heterocycles. The molecule has 0 fully saturated rings. The molecule has 7 nitrogen and oxygen atoms in total. The lowest BCUT2D eigenvalue weighted by Gasteiger charge is -2.07. The van der Waals surface area contributed by atoms with Gasteiger partial charge in [-0.2, -0.15) is 5.10 Å². The van der Waals surface area contributed by atoms with Crippen LogP contribution >= 0.6 is 0 Å². The van der Waals surface area contributed by atoms with E-state index >= 15 is 0 Å². The van der Waals surface area contributed by atoms with Crippen LogP contribution in [-0.2, 0) is 13.1 Å². The van der Waals surface area contributed by atoms with Gasteiger partial charge in [0.25, 0.3) is 0 Å². The van der Waals surface area contributed by atoms with Crippen molar-refractivity contribution < 1.29 is 0 Å². The minimum absolute atomic E-state index is 0.725. The molecule has 7 aromatic rings. The van der Waals surface area contributed by atoms with Crippen molar-refractivity contribution in [3.05, 3.63) is 121 Å². The van der Waals surface area contributed by atoms with Gasteiger partial charge in [-0.05, 0) is 53.6 Å². The Hall–Kier alpha value is -5.14. The van der Waals surface area contributed by atoms with Gasteiger partial charge in [0.1, 0.15) is 11.2 Å². The molecule has 0 bridgehead atoms. The van der Waals surface area contributed by atoms with E-state index in [1.54, 1.807) is 0 Å². The first-order valence-electron chi connectivity index (χ1n) is 12.9. The Balaban J connectivity index is 1.20. The molecule has 7 heteroatoms. The molecule has 0 amide bonds. The van der Waals surface area contributed by atoms with Crippen molar-refractivity contribution in [1.29, 1.82) is 0 Å². The van der Waals surface area contributed by atoms with E-state index < -0.39 is 0 Å². The highest BCUT2D eigenvalue weighted by Crippen LogP contribution is 2.33. The van der Waals surface area contributed by atoms with Crippen molar-refractivity contribution in [1.82, 2.24) is 35.5 Å². The second kappa shape index (κ2) is 9.96. The summed E-state index contributed by atoms with van der Waals surface area (Å²) in [5, 5.41) is 12.4. The van der Waals surface area contributed by atoms with E-state index in [1.807, 2.05) is 61.1 Å². The molecule has 5 heterocycles. The summed E-state index contributed by atoms with van der Waals surface area (Å²) in [4.78, 5) is 17.6. The lowest BCUT2D eigenvalue weighted by molar-refractivity contribution is 0.691. The molecule has 0 spiro atoms. The Morgan fingerprint density at radius 3 is 2.51 bits per heavy atom. The van der Waals surface area contributed by atoms with Gasteiger partial charge in [0.2, 0.25) is 0 Å². The molecular weight excluding hydrogens is 482 g/mol. The average Bonchev–Trinajstić information content (AvgIpc) is 3.62. The maximum Gasteiger partial charge on any atom is 0.135 e. The zero-order chi connectivity index (χ0) is 26.0. The quantitative estimate of drug-likeness (QED) is 0.228. The van der Waals surface area contributed by atoms with Gasteiger partial charge in [0.05, 0.1) is 22.6 Å². The Bertz CT molecular complexity index is 1890. The van der Waals surface area contributed by atoms with Crippen molar-refractivity contribution in [2.75, 3.05) is 0 Å². The number of fused-ring (bicyclic) bond motifs is 2. The minimum Gasteiger partial charge on any atom is -0.353 e. The van der Waals surface area contributed by atoms with Gasteiger partial charge in [0.15, 0.2) is 0 Å². The molecule has 0 aliphatic heterocycles. The number of nitrogens with one attached hydrogen (secondary N) is 3. The van der Waals surface area contributed by atoms with E-state index in [-0.39, 0.29) is 0 Å². The highest BCUT2D eigenvalue weighted by atomic mass is 15.1. The first-order chi connectivity index (χ1) is 19.3. The molecular formula is C32H25N7. The number of pyridine rings is 3. The van der Waals surface area contributed by atoms with Crippen LogP contribution in [0.5, 0.6) is 0 Å². The number of benzene rings is 2. The van der Waals surface area contributed by atoms with Crippen LogP contribution in [0.1, 0.15) is 11.1 Å². The predicted octanol–water partition coefficient (Wildman–Crippen LogP) is 6.52. The lowest BCUT2D eigenvalue weighted by atomic mass is 10.1. The van der Waals surface area contributed by atoms with E-state index in [9.17, 15) is 0 Å². The van der Waals surface area contributed by atoms with Crippen LogP contribution in [0.4, 0.5) is 0 Å². The van der Waals surface area contributed by atoms with E-state index in [0.29, 0.717) is 0 Å². The number of hydrogen-bond donors (Lipinski definition) is 3. The number of nitrogens with zero attached hydrogens (tertiary/aromatic N) is 4. The van der Waals surface area contributed by atoms with Crippen LogP contribution in [0.15, 0.2) is 110 Å². The largest absolute Gasteiger partial charge is 0.353 e.